The lowest BCUT2D eigenvalue weighted by atomic mass is 10.3. The number of nitrogens with zero attached hydrogens (tertiary/aromatic N) is 3. The average molecular weight is 207 g/mol. The van der Waals surface area contributed by atoms with E-state index < -0.39 is 0 Å². The van der Waals surface area contributed by atoms with Crippen molar-refractivity contribution in [2.24, 2.45) is 0 Å². The van der Waals surface area contributed by atoms with Gasteiger partial charge in [-0.25, -0.2) is 0 Å². The van der Waals surface area contributed by atoms with Gasteiger partial charge in [-0.1, -0.05) is 4.91 Å². The van der Waals surface area contributed by atoms with E-state index in [1.165, 1.54) is 7.05 Å². The van der Waals surface area contributed by atoms with Gasteiger partial charge in [-0.15, -0.1) is 0 Å². The third kappa shape index (κ3) is 2.30. The normalized spacial score (nSPS) is 16.5. The van der Waals surface area contributed by atoms with Crippen LogP contribution in [0, 0.1) is 4.91 Å². The second-order valence-electron chi connectivity index (χ2n) is 3.61. The highest BCUT2D eigenvalue weighted by atomic mass is 16.3. The lowest BCUT2D eigenvalue weighted by molar-refractivity contribution is -0.432. The molecule has 0 spiro atoms. The summed E-state index contributed by atoms with van der Waals surface area (Å²) >= 11 is 0. The van der Waals surface area contributed by atoms with E-state index in [2.05, 4.69) is 15.2 Å². The molecule has 80 valence electrons. The number of hydrogen-bond donors (Lipinski definition) is 1. The number of nitroso groups, excluding NO2 is 1. The van der Waals surface area contributed by atoms with E-state index in [-0.39, 0.29) is 0 Å². The fraction of sp³-hybridized carbons (Fsp3) is 0.500. The zero-order chi connectivity index (χ0) is 10.7. The molecule has 0 aliphatic carbocycles. The van der Waals surface area contributed by atoms with Gasteiger partial charge in [-0.05, 0) is 15.8 Å². The average Bonchev–Trinajstić information content (AvgIpc) is 2.30. The molecule has 0 atom stereocenters. The predicted molar refractivity (Wildman–Crippen MR) is 58.5 cm³/mol. The van der Waals surface area contributed by atoms with Gasteiger partial charge in [0.2, 0.25) is 0 Å². The summed E-state index contributed by atoms with van der Waals surface area (Å²) in [6.45, 7) is 3.99. The van der Waals surface area contributed by atoms with Crippen LogP contribution in [0.15, 0.2) is 18.3 Å². The number of anilines is 1. The molecule has 5 heteroatoms. The third-order valence-electron chi connectivity index (χ3n) is 2.54. The van der Waals surface area contributed by atoms with Crippen LogP contribution in [0.5, 0.6) is 0 Å². The number of pyridine rings is 1. The van der Waals surface area contributed by atoms with Crippen LogP contribution >= 0.6 is 0 Å². The minimum absolute atomic E-state index is 0.453. The van der Waals surface area contributed by atoms with Gasteiger partial charge >= 0.3 is 5.82 Å². The molecular weight excluding hydrogens is 192 g/mol. The number of nitrogens with one attached hydrogen (secondary N) is 1. The van der Waals surface area contributed by atoms with E-state index in [1.807, 2.05) is 6.07 Å². The second-order valence-corrected chi connectivity index (χ2v) is 3.61. The molecule has 0 radical (unpaired) electrons. The highest BCUT2D eigenvalue weighted by molar-refractivity contribution is 5.46. The SMILES string of the molecule is C[N+](=O)c1ccc(N2CCNCC2)cn1. The highest BCUT2D eigenvalue weighted by Gasteiger charge is 2.14. The van der Waals surface area contributed by atoms with Crippen molar-refractivity contribution >= 4 is 11.5 Å². The number of hydrogen-bond acceptors (Lipinski definition) is 4. The van der Waals surface area contributed by atoms with Crippen LogP contribution in [0.4, 0.5) is 11.5 Å². The molecule has 1 fully saturated rings. The van der Waals surface area contributed by atoms with E-state index >= 15 is 0 Å². The molecule has 15 heavy (non-hydrogen) atoms. The van der Waals surface area contributed by atoms with E-state index in [0.717, 1.165) is 36.6 Å². The fourth-order valence-corrected chi connectivity index (χ4v) is 1.67. The first-order valence-corrected chi connectivity index (χ1v) is 5.10. The van der Waals surface area contributed by atoms with Crippen molar-refractivity contribution in [3.63, 3.8) is 0 Å². The molecule has 1 aromatic heterocycles. The molecule has 0 unspecified atom stereocenters. The van der Waals surface area contributed by atoms with Crippen LogP contribution in [-0.2, 0) is 0 Å². The Kier molecular flexibility index (Phi) is 2.91. The maximum Gasteiger partial charge on any atom is 0.360 e. The summed E-state index contributed by atoms with van der Waals surface area (Å²) in [7, 11) is 1.45. The van der Waals surface area contributed by atoms with Crippen molar-refractivity contribution in [2.45, 2.75) is 0 Å². The minimum Gasteiger partial charge on any atom is -0.366 e. The Bertz CT molecular complexity index is 343. The van der Waals surface area contributed by atoms with Gasteiger partial charge in [0.1, 0.15) is 7.05 Å². The topological polar surface area (TPSA) is 48.2 Å². The van der Waals surface area contributed by atoms with E-state index in [0.29, 0.717) is 5.82 Å². The van der Waals surface area contributed by atoms with Gasteiger partial charge in [0.05, 0.1) is 5.69 Å². The van der Waals surface area contributed by atoms with E-state index in [1.54, 1.807) is 12.3 Å². The first-order valence-electron chi connectivity index (χ1n) is 5.10. The summed E-state index contributed by atoms with van der Waals surface area (Å²) in [5.74, 6) is 0.453. The maximum atomic E-state index is 11.0. The summed E-state index contributed by atoms with van der Waals surface area (Å²) < 4.78 is 0.765. The smallest absolute Gasteiger partial charge is 0.360 e. The molecule has 1 saturated heterocycles. The molecule has 1 aliphatic heterocycles. The van der Waals surface area contributed by atoms with Crippen LogP contribution < -0.4 is 10.2 Å². The molecule has 5 nitrogen and oxygen atoms in total. The van der Waals surface area contributed by atoms with Crippen molar-refractivity contribution in [1.82, 2.24) is 10.3 Å². The van der Waals surface area contributed by atoms with E-state index in [4.69, 9.17) is 0 Å². The van der Waals surface area contributed by atoms with Gasteiger partial charge in [0.25, 0.3) is 0 Å². The molecule has 1 N–H and O–H groups in total. The van der Waals surface area contributed by atoms with Crippen molar-refractivity contribution < 1.29 is 4.76 Å². The molecule has 2 rings (SSSR count). The predicted octanol–water partition coefficient (Wildman–Crippen LogP) is 0.531. The molecule has 1 aliphatic rings. The fourth-order valence-electron chi connectivity index (χ4n) is 1.67. The highest BCUT2D eigenvalue weighted by Crippen LogP contribution is 2.16. The third-order valence-corrected chi connectivity index (χ3v) is 2.54. The van der Waals surface area contributed by atoms with Gasteiger partial charge in [-0.3, -0.25) is 0 Å². The summed E-state index contributed by atoms with van der Waals surface area (Å²) in [5, 5.41) is 3.29. The Morgan fingerprint density at radius 3 is 2.67 bits per heavy atom. The minimum atomic E-state index is 0.453. The molecular formula is C10H15N4O+. The molecule has 0 amide bonds. The molecule has 0 aromatic carbocycles. The first kappa shape index (κ1) is 10.0. The second kappa shape index (κ2) is 4.35. The number of aromatic nitrogens is 1. The van der Waals surface area contributed by atoms with Crippen molar-refractivity contribution in [3.8, 4) is 0 Å². The van der Waals surface area contributed by atoms with Crippen molar-refractivity contribution in [3.05, 3.63) is 23.2 Å². The largest absolute Gasteiger partial charge is 0.366 e. The van der Waals surface area contributed by atoms with Crippen LogP contribution in [0.3, 0.4) is 0 Å². The summed E-state index contributed by atoms with van der Waals surface area (Å²) in [4.78, 5) is 17.3. The Hall–Kier alpha value is -1.49. The lowest BCUT2D eigenvalue weighted by Crippen LogP contribution is -2.43. The van der Waals surface area contributed by atoms with Gasteiger partial charge in [0, 0.05) is 32.2 Å². The van der Waals surface area contributed by atoms with Gasteiger partial charge in [-0.2, -0.15) is 0 Å². The summed E-state index contributed by atoms with van der Waals surface area (Å²) in [5.41, 5.74) is 1.09. The zero-order valence-corrected chi connectivity index (χ0v) is 8.81. The standard InChI is InChI=1S/C10H15N4O/c1-13(15)10-3-2-9(8-12-10)14-6-4-11-5-7-14/h2-3,8,11H,4-7H2,1H3/q+1. The van der Waals surface area contributed by atoms with Crippen molar-refractivity contribution in [2.75, 3.05) is 38.1 Å². The number of piperazine rings is 1. The molecule has 2 heterocycles. The Morgan fingerprint density at radius 2 is 2.13 bits per heavy atom. The Balaban J connectivity index is 2.11. The van der Waals surface area contributed by atoms with Crippen LogP contribution in [-0.4, -0.2) is 43.0 Å². The maximum absolute atomic E-state index is 11.0. The van der Waals surface area contributed by atoms with Gasteiger partial charge in [0.15, 0.2) is 6.20 Å². The quantitative estimate of drug-likeness (QED) is 0.719. The monoisotopic (exact) mass is 207 g/mol. The van der Waals surface area contributed by atoms with Crippen LogP contribution in [0.1, 0.15) is 0 Å². The molecule has 0 saturated carbocycles. The molecule has 1 aromatic rings. The van der Waals surface area contributed by atoms with E-state index in [9.17, 15) is 4.91 Å². The summed E-state index contributed by atoms with van der Waals surface area (Å²) in [6.07, 6.45) is 1.76. The van der Waals surface area contributed by atoms with Crippen LogP contribution in [0.2, 0.25) is 0 Å². The first-order chi connectivity index (χ1) is 7.27. The molecule has 0 bridgehead atoms. The summed E-state index contributed by atoms with van der Waals surface area (Å²) in [6, 6.07) is 3.70. The Morgan fingerprint density at radius 1 is 1.40 bits per heavy atom. The Labute approximate surface area is 88.7 Å². The van der Waals surface area contributed by atoms with Gasteiger partial charge < -0.3 is 10.2 Å². The number of rotatable bonds is 2. The lowest BCUT2D eigenvalue weighted by Gasteiger charge is -2.28. The van der Waals surface area contributed by atoms with Crippen molar-refractivity contribution in [1.29, 1.82) is 0 Å². The van der Waals surface area contributed by atoms with Crippen LogP contribution in [0.25, 0.3) is 0 Å². The zero-order valence-electron chi connectivity index (χ0n) is 8.81.